The van der Waals surface area contributed by atoms with E-state index in [4.69, 9.17) is 11.1 Å². The number of aromatic nitrogens is 2. The Morgan fingerprint density at radius 3 is 2.68 bits per heavy atom. The Morgan fingerprint density at radius 1 is 1.42 bits per heavy atom. The first kappa shape index (κ1) is 13.1. The lowest BCUT2D eigenvalue weighted by atomic mass is 10.2. The number of amidine groups is 1. The van der Waals surface area contributed by atoms with Crippen molar-refractivity contribution in [3.05, 3.63) is 42.4 Å². The minimum absolute atomic E-state index is 0.0895. The molecule has 0 unspecified atom stereocenters. The number of anilines is 1. The van der Waals surface area contributed by atoms with Crippen LogP contribution < -0.4 is 10.5 Å². The van der Waals surface area contributed by atoms with E-state index in [0.717, 1.165) is 0 Å². The van der Waals surface area contributed by atoms with Gasteiger partial charge in [0.05, 0.1) is 12.0 Å². The van der Waals surface area contributed by atoms with Crippen molar-refractivity contribution < 1.29 is 8.42 Å². The van der Waals surface area contributed by atoms with Gasteiger partial charge in [0.15, 0.2) is 5.03 Å². The number of nitrogens with one attached hydrogen (secondary N) is 2. The highest BCUT2D eigenvalue weighted by atomic mass is 32.2. The first-order chi connectivity index (χ1) is 8.90. The number of aryl methyl sites for hydroxylation is 1. The molecular formula is C11H13N5O2S. The molecule has 0 aliphatic carbocycles. The molecule has 0 saturated heterocycles. The molecule has 0 bridgehead atoms. The molecule has 0 amide bonds. The summed E-state index contributed by atoms with van der Waals surface area (Å²) >= 11 is 0. The van der Waals surface area contributed by atoms with Crippen molar-refractivity contribution in [3.8, 4) is 0 Å². The van der Waals surface area contributed by atoms with Crippen molar-refractivity contribution >= 4 is 21.5 Å². The molecule has 0 fully saturated rings. The summed E-state index contributed by atoms with van der Waals surface area (Å²) in [6, 6.07) is 6.44. The third-order valence-corrected chi connectivity index (χ3v) is 3.67. The van der Waals surface area contributed by atoms with E-state index in [1.807, 2.05) is 0 Å². The third kappa shape index (κ3) is 2.74. The Bertz CT molecular complexity index is 720. The Kier molecular flexibility index (Phi) is 3.26. The molecule has 1 aromatic carbocycles. The predicted octanol–water partition coefficient (Wildman–Crippen LogP) is 0.505. The first-order valence-corrected chi connectivity index (χ1v) is 6.82. The zero-order chi connectivity index (χ0) is 14.0. The lowest BCUT2D eigenvalue weighted by Gasteiger charge is -2.10. The minimum atomic E-state index is -3.78. The lowest BCUT2D eigenvalue weighted by Crippen LogP contribution is -2.18. The summed E-state index contributed by atoms with van der Waals surface area (Å²) in [4.78, 5) is 3.79. The van der Waals surface area contributed by atoms with Crippen LogP contribution in [0.4, 0.5) is 5.69 Å². The summed E-state index contributed by atoms with van der Waals surface area (Å²) in [6.45, 7) is 0. The van der Waals surface area contributed by atoms with Crippen molar-refractivity contribution in [1.82, 2.24) is 9.55 Å². The van der Waals surface area contributed by atoms with Crippen LogP contribution in [0.1, 0.15) is 5.56 Å². The van der Waals surface area contributed by atoms with Crippen molar-refractivity contribution in [2.24, 2.45) is 12.8 Å². The normalized spacial score (nSPS) is 11.2. The minimum Gasteiger partial charge on any atom is -0.384 e. The molecule has 2 aromatic rings. The Hall–Kier alpha value is -2.35. The Morgan fingerprint density at radius 2 is 2.11 bits per heavy atom. The second-order valence-electron chi connectivity index (χ2n) is 3.94. The highest BCUT2D eigenvalue weighted by Gasteiger charge is 2.18. The van der Waals surface area contributed by atoms with Gasteiger partial charge < -0.3 is 10.3 Å². The fourth-order valence-electron chi connectivity index (χ4n) is 1.53. The maximum atomic E-state index is 12.1. The number of nitrogens with zero attached hydrogens (tertiary/aromatic N) is 2. The molecule has 7 nitrogen and oxygen atoms in total. The summed E-state index contributed by atoms with van der Waals surface area (Å²) in [7, 11) is -2.11. The number of nitrogen functional groups attached to an aromatic ring is 1. The standard InChI is InChI=1S/C11H13N5O2S/c1-16-6-10(14-7-16)19(17,18)15-9-5-3-2-4-8(9)11(12)13/h2-7,15H,1H3,(H3,12,13). The van der Waals surface area contributed by atoms with Gasteiger partial charge >= 0.3 is 0 Å². The number of para-hydroxylation sites is 1. The van der Waals surface area contributed by atoms with Crippen molar-refractivity contribution in [2.45, 2.75) is 5.03 Å². The number of hydrogen-bond donors (Lipinski definition) is 3. The second-order valence-corrected chi connectivity index (χ2v) is 5.57. The van der Waals surface area contributed by atoms with Crippen LogP contribution in [0, 0.1) is 5.41 Å². The van der Waals surface area contributed by atoms with E-state index < -0.39 is 10.0 Å². The van der Waals surface area contributed by atoms with Crippen molar-refractivity contribution in [1.29, 1.82) is 5.41 Å². The van der Waals surface area contributed by atoms with Gasteiger partial charge in [-0.1, -0.05) is 12.1 Å². The van der Waals surface area contributed by atoms with Crippen LogP contribution in [0.2, 0.25) is 0 Å². The van der Waals surface area contributed by atoms with Gasteiger partial charge in [0.2, 0.25) is 0 Å². The van der Waals surface area contributed by atoms with Gasteiger partial charge in [0, 0.05) is 18.8 Å². The maximum Gasteiger partial charge on any atom is 0.280 e. The van der Waals surface area contributed by atoms with E-state index in [2.05, 4.69) is 9.71 Å². The summed E-state index contributed by atoms with van der Waals surface area (Å²) in [5, 5.41) is 7.33. The molecule has 0 atom stereocenters. The van der Waals surface area contributed by atoms with Gasteiger partial charge in [-0.2, -0.15) is 8.42 Å². The van der Waals surface area contributed by atoms with Crippen LogP contribution in [-0.2, 0) is 17.1 Å². The summed E-state index contributed by atoms with van der Waals surface area (Å²) in [6.07, 6.45) is 2.78. The molecule has 4 N–H and O–H groups in total. The van der Waals surface area contributed by atoms with E-state index in [1.165, 1.54) is 23.2 Å². The molecule has 1 aromatic heterocycles. The quantitative estimate of drug-likeness (QED) is 0.558. The van der Waals surface area contributed by atoms with Crippen LogP contribution in [0.5, 0.6) is 0 Å². The predicted molar refractivity (Wildman–Crippen MR) is 71.5 cm³/mol. The van der Waals surface area contributed by atoms with Gasteiger partial charge in [-0.05, 0) is 12.1 Å². The zero-order valence-corrected chi connectivity index (χ0v) is 11.0. The lowest BCUT2D eigenvalue weighted by molar-refractivity contribution is 0.598. The number of sulfonamides is 1. The second kappa shape index (κ2) is 4.73. The average Bonchev–Trinajstić information content (AvgIpc) is 2.76. The molecule has 0 aliphatic rings. The fourth-order valence-corrected chi connectivity index (χ4v) is 2.59. The monoisotopic (exact) mass is 279 g/mol. The molecule has 8 heteroatoms. The molecule has 0 aliphatic heterocycles. The number of hydrogen-bond acceptors (Lipinski definition) is 4. The van der Waals surface area contributed by atoms with Gasteiger partial charge in [0.1, 0.15) is 5.84 Å². The highest BCUT2D eigenvalue weighted by molar-refractivity contribution is 7.92. The van der Waals surface area contributed by atoms with Crippen LogP contribution in [0.3, 0.4) is 0 Å². The number of imidazole rings is 1. The topological polar surface area (TPSA) is 114 Å². The van der Waals surface area contributed by atoms with E-state index in [-0.39, 0.29) is 16.5 Å². The van der Waals surface area contributed by atoms with Crippen LogP contribution >= 0.6 is 0 Å². The molecule has 100 valence electrons. The largest absolute Gasteiger partial charge is 0.384 e. The Labute approximate surface area is 110 Å². The molecule has 19 heavy (non-hydrogen) atoms. The number of rotatable bonds is 4. The van der Waals surface area contributed by atoms with E-state index in [9.17, 15) is 8.42 Å². The number of nitrogens with two attached hydrogens (primary N) is 1. The third-order valence-electron chi connectivity index (χ3n) is 2.42. The molecule has 1 heterocycles. The van der Waals surface area contributed by atoms with Gasteiger partial charge in [-0.25, -0.2) is 4.98 Å². The Balaban J connectivity index is 2.39. The summed E-state index contributed by atoms with van der Waals surface area (Å²) in [5.41, 5.74) is 5.98. The smallest absolute Gasteiger partial charge is 0.280 e. The first-order valence-electron chi connectivity index (χ1n) is 5.34. The van der Waals surface area contributed by atoms with E-state index >= 15 is 0 Å². The summed E-state index contributed by atoms with van der Waals surface area (Å²) in [5.74, 6) is -0.209. The number of benzene rings is 1. The maximum absolute atomic E-state index is 12.1. The van der Waals surface area contributed by atoms with E-state index in [1.54, 1.807) is 25.2 Å². The molecule has 2 rings (SSSR count). The van der Waals surface area contributed by atoms with Gasteiger partial charge in [-0.3, -0.25) is 10.1 Å². The van der Waals surface area contributed by atoms with Crippen molar-refractivity contribution in [2.75, 3.05) is 4.72 Å². The van der Waals surface area contributed by atoms with Crippen molar-refractivity contribution in [3.63, 3.8) is 0 Å². The fraction of sp³-hybridized carbons (Fsp3) is 0.0909. The van der Waals surface area contributed by atoms with Crippen LogP contribution in [0.15, 0.2) is 41.8 Å². The molecule has 0 saturated carbocycles. The molecule has 0 spiro atoms. The van der Waals surface area contributed by atoms with Gasteiger partial charge in [-0.15, -0.1) is 0 Å². The summed E-state index contributed by atoms with van der Waals surface area (Å²) < 4.78 is 28.1. The van der Waals surface area contributed by atoms with Crippen LogP contribution in [-0.4, -0.2) is 23.8 Å². The zero-order valence-electron chi connectivity index (χ0n) is 10.2. The SMILES string of the molecule is Cn1cnc(S(=O)(=O)Nc2ccccc2C(=N)N)c1. The molecular weight excluding hydrogens is 266 g/mol. The van der Waals surface area contributed by atoms with Crippen LogP contribution in [0.25, 0.3) is 0 Å². The average molecular weight is 279 g/mol. The highest BCUT2D eigenvalue weighted by Crippen LogP contribution is 2.18. The van der Waals surface area contributed by atoms with E-state index in [0.29, 0.717) is 5.56 Å². The van der Waals surface area contributed by atoms with Gasteiger partial charge in [0.25, 0.3) is 10.0 Å². The molecule has 0 radical (unpaired) electrons.